The maximum absolute atomic E-state index is 13.1. The van der Waals surface area contributed by atoms with Gasteiger partial charge < -0.3 is 30.3 Å². The van der Waals surface area contributed by atoms with Crippen LogP contribution in [0.3, 0.4) is 0 Å². The molecule has 2 aromatic carbocycles. The van der Waals surface area contributed by atoms with Gasteiger partial charge in [0.05, 0.1) is 11.4 Å². The largest absolute Gasteiger partial charge is 0.512 e. The van der Waals surface area contributed by atoms with Crippen LogP contribution in [0, 0.1) is 5.41 Å². The van der Waals surface area contributed by atoms with E-state index >= 15 is 0 Å². The van der Waals surface area contributed by atoms with Crippen molar-refractivity contribution < 1.29 is 24.2 Å². The number of likely N-dealkylation sites (N-methyl/N-ethyl adjacent to an activating group) is 1. The van der Waals surface area contributed by atoms with Gasteiger partial charge in [0, 0.05) is 38.2 Å². The van der Waals surface area contributed by atoms with Crippen LogP contribution in [0.15, 0.2) is 60.4 Å². The van der Waals surface area contributed by atoms with E-state index in [0.29, 0.717) is 23.5 Å². The number of hydrogen-bond donors (Lipinski definition) is 4. The molecule has 2 heterocycles. The predicted molar refractivity (Wildman–Crippen MR) is 144 cm³/mol. The molecule has 10 heteroatoms. The molecule has 0 radical (unpaired) electrons. The lowest BCUT2D eigenvalue weighted by Gasteiger charge is -2.20. The summed E-state index contributed by atoms with van der Waals surface area (Å²) < 4.78 is 5.78. The van der Waals surface area contributed by atoms with Gasteiger partial charge >= 0.3 is 0 Å². The number of nitrogens with one attached hydrogen (secondary N) is 3. The third-order valence-corrected chi connectivity index (χ3v) is 6.62. The maximum atomic E-state index is 13.1. The Balaban J connectivity index is 1.35. The summed E-state index contributed by atoms with van der Waals surface area (Å²) in [6.45, 7) is 3.31. The predicted octanol–water partition coefficient (Wildman–Crippen LogP) is 2.06. The quantitative estimate of drug-likeness (QED) is 0.296. The van der Waals surface area contributed by atoms with Crippen LogP contribution in [-0.4, -0.2) is 79.3 Å². The van der Waals surface area contributed by atoms with Gasteiger partial charge in [0.15, 0.2) is 0 Å². The zero-order valence-corrected chi connectivity index (χ0v) is 21.4. The Labute approximate surface area is 221 Å². The SMILES string of the molecule is CN1C(=O)[C@@H](NC(=O)C(=N)/C=C(\O)Cc2ccccc2)COc2ccc(C(=O)NCCN3CCCC3)cc21. The number of carbonyl (C=O) groups is 3. The van der Waals surface area contributed by atoms with E-state index in [0.717, 1.165) is 31.3 Å². The van der Waals surface area contributed by atoms with Crippen LogP contribution in [0.5, 0.6) is 5.75 Å². The molecule has 10 nitrogen and oxygen atoms in total. The second kappa shape index (κ2) is 12.4. The number of fused-ring (bicyclic) bond motifs is 1. The number of anilines is 1. The summed E-state index contributed by atoms with van der Waals surface area (Å²) in [4.78, 5) is 42.1. The fourth-order valence-electron chi connectivity index (χ4n) is 4.50. The maximum Gasteiger partial charge on any atom is 0.270 e. The first kappa shape index (κ1) is 26.9. The van der Waals surface area contributed by atoms with Gasteiger partial charge in [-0.05, 0) is 49.7 Å². The van der Waals surface area contributed by atoms with Crippen molar-refractivity contribution in [1.29, 1.82) is 5.41 Å². The number of carbonyl (C=O) groups excluding carboxylic acids is 3. The number of amides is 3. The summed E-state index contributed by atoms with van der Waals surface area (Å²) >= 11 is 0. The molecule has 0 unspecified atom stereocenters. The van der Waals surface area contributed by atoms with Gasteiger partial charge in [-0.25, -0.2) is 0 Å². The fourth-order valence-corrected chi connectivity index (χ4v) is 4.50. The monoisotopic (exact) mass is 519 g/mol. The highest BCUT2D eigenvalue weighted by atomic mass is 16.5. The molecule has 2 aliphatic rings. The summed E-state index contributed by atoms with van der Waals surface area (Å²) in [5.41, 5.74) is 1.16. The summed E-state index contributed by atoms with van der Waals surface area (Å²) in [6, 6.07) is 13.0. The van der Waals surface area contributed by atoms with Crippen LogP contribution in [-0.2, 0) is 16.0 Å². The van der Waals surface area contributed by atoms with E-state index < -0.39 is 23.6 Å². The topological polar surface area (TPSA) is 135 Å². The van der Waals surface area contributed by atoms with Crippen LogP contribution in [0.25, 0.3) is 0 Å². The molecule has 0 aliphatic carbocycles. The molecule has 0 bridgehead atoms. The normalized spacial score (nSPS) is 17.8. The molecule has 200 valence electrons. The van der Waals surface area contributed by atoms with Gasteiger partial charge in [-0.1, -0.05) is 30.3 Å². The van der Waals surface area contributed by atoms with E-state index in [1.807, 2.05) is 30.3 Å². The second-order valence-electron chi connectivity index (χ2n) is 9.43. The molecule has 0 aromatic heterocycles. The number of rotatable bonds is 9. The third-order valence-electron chi connectivity index (χ3n) is 6.62. The number of hydrogen-bond acceptors (Lipinski definition) is 7. The number of aliphatic hydroxyl groups excluding tert-OH is 1. The Morgan fingerprint density at radius 1 is 1.16 bits per heavy atom. The highest BCUT2D eigenvalue weighted by Gasteiger charge is 2.31. The van der Waals surface area contributed by atoms with E-state index in [1.165, 1.54) is 17.7 Å². The Hall–Kier alpha value is -4.18. The summed E-state index contributed by atoms with van der Waals surface area (Å²) in [5, 5.41) is 23.6. The standard InChI is InChI=1S/C28H33N5O5/c1-32-24-16-20(26(35)30-11-14-33-12-5-6-13-33)9-10-25(24)38-18-23(28(32)37)31-27(36)22(29)17-21(34)15-19-7-3-2-4-8-19/h2-4,7-10,16-17,23,29,34H,5-6,11-15,18H2,1H3,(H,30,35)(H,31,36)/b21-17-,29-22?/t23-/m0/s1. The van der Waals surface area contributed by atoms with Gasteiger partial charge in [0.2, 0.25) is 0 Å². The first-order valence-electron chi connectivity index (χ1n) is 12.7. The fraction of sp³-hybridized carbons (Fsp3) is 0.357. The Morgan fingerprint density at radius 2 is 1.89 bits per heavy atom. The molecule has 1 saturated heterocycles. The molecule has 0 spiro atoms. The lowest BCUT2D eigenvalue weighted by atomic mass is 10.1. The number of allylic oxidation sites excluding steroid dienone is 1. The van der Waals surface area contributed by atoms with E-state index in [2.05, 4.69) is 15.5 Å². The number of benzene rings is 2. The van der Waals surface area contributed by atoms with Crippen molar-refractivity contribution in [3.8, 4) is 5.75 Å². The third kappa shape index (κ3) is 6.77. The van der Waals surface area contributed by atoms with Crippen molar-refractivity contribution in [3.63, 3.8) is 0 Å². The molecule has 1 atom stereocenters. The van der Waals surface area contributed by atoms with Crippen molar-refractivity contribution in [2.24, 2.45) is 0 Å². The van der Waals surface area contributed by atoms with Crippen LogP contribution < -0.4 is 20.3 Å². The van der Waals surface area contributed by atoms with E-state index in [1.54, 1.807) is 25.2 Å². The minimum absolute atomic E-state index is 0.143. The average Bonchev–Trinajstić information content (AvgIpc) is 3.40. The van der Waals surface area contributed by atoms with Crippen LogP contribution in [0.4, 0.5) is 5.69 Å². The molecule has 3 amide bonds. The minimum Gasteiger partial charge on any atom is -0.512 e. The number of aliphatic hydroxyl groups is 1. The minimum atomic E-state index is -1.05. The van der Waals surface area contributed by atoms with Gasteiger partial charge in [-0.3, -0.25) is 19.8 Å². The van der Waals surface area contributed by atoms with Crippen LogP contribution in [0.1, 0.15) is 28.8 Å². The van der Waals surface area contributed by atoms with E-state index in [9.17, 15) is 19.5 Å². The van der Waals surface area contributed by atoms with Gasteiger partial charge in [-0.15, -0.1) is 0 Å². The van der Waals surface area contributed by atoms with Gasteiger partial charge in [-0.2, -0.15) is 0 Å². The Bertz CT molecular complexity index is 1220. The molecular weight excluding hydrogens is 486 g/mol. The van der Waals surface area contributed by atoms with Crippen molar-refractivity contribution >= 4 is 29.1 Å². The number of likely N-dealkylation sites (tertiary alicyclic amines) is 1. The van der Waals surface area contributed by atoms with E-state index in [-0.39, 0.29) is 24.7 Å². The summed E-state index contributed by atoms with van der Waals surface area (Å²) in [7, 11) is 1.54. The lowest BCUT2D eigenvalue weighted by Crippen LogP contribution is -2.50. The zero-order valence-electron chi connectivity index (χ0n) is 21.4. The molecular formula is C28H33N5O5. The molecule has 4 rings (SSSR count). The average molecular weight is 520 g/mol. The molecule has 0 saturated carbocycles. The number of ether oxygens (including phenoxy) is 1. The van der Waals surface area contributed by atoms with Gasteiger partial charge in [0.1, 0.15) is 24.1 Å². The van der Waals surface area contributed by atoms with Crippen molar-refractivity contribution in [3.05, 3.63) is 71.5 Å². The molecule has 1 fully saturated rings. The highest BCUT2D eigenvalue weighted by molar-refractivity contribution is 6.42. The summed E-state index contributed by atoms with van der Waals surface area (Å²) in [6.07, 6.45) is 3.62. The Kier molecular flexibility index (Phi) is 8.75. The van der Waals surface area contributed by atoms with Crippen molar-refractivity contribution in [2.75, 3.05) is 44.7 Å². The van der Waals surface area contributed by atoms with E-state index in [4.69, 9.17) is 10.1 Å². The molecule has 38 heavy (non-hydrogen) atoms. The Morgan fingerprint density at radius 3 is 2.63 bits per heavy atom. The second-order valence-corrected chi connectivity index (χ2v) is 9.43. The first-order valence-corrected chi connectivity index (χ1v) is 12.7. The molecule has 2 aliphatic heterocycles. The highest BCUT2D eigenvalue weighted by Crippen LogP contribution is 2.31. The summed E-state index contributed by atoms with van der Waals surface area (Å²) in [5.74, 6) is -1.24. The lowest BCUT2D eigenvalue weighted by molar-refractivity contribution is -0.124. The van der Waals surface area contributed by atoms with Crippen molar-refractivity contribution in [2.45, 2.75) is 25.3 Å². The zero-order chi connectivity index (χ0) is 27.1. The molecule has 2 aromatic rings. The molecule has 4 N–H and O–H groups in total. The smallest absolute Gasteiger partial charge is 0.270 e. The van der Waals surface area contributed by atoms with Crippen LogP contribution in [0.2, 0.25) is 0 Å². The number of nitrogens with zero attached hydrogens (tertiary/aromatic N) is 2. The first-order chi connectivity index (χ1) is 18.3. The van der Waals surface area contributed by atoms with Crippen LogP contribution >= 0.6 is 0 Å². The van der Waals surface area contributed by atoms with Crippen molar-refractivity contribution in [1.82, 2.24) is 15.5 Å². The van der Waals surface area contributed by atoms with Gasteiger partial charge in [0.25, 0.3) is 17.7 Å².